The molecule has 0 spiro atoms. The lowest BCUT2D eigenvalue weighted by molar-refractivity contribution is -0.130. The maximum atomic E-state index is 12.6. The lowest BCUT2D eigenvalue weighted by atomic mass is 10.3. The molecule has 8 nitrogen and oxygen atoms in total. The SMILES string of the molecule is CN(CCOc1cccc(Cl)c1)C(=O)Cn1cnc2c(c(Br)nn2C)c1=O. The highest BCUT2D eigenvalue weighted by atomic mass is 79.9. The molecule has 0 radical (unpaired) electrons. The van der Waals surface area contributed by atoms with E-state index in [0.717, 1.165) is 0 Å². The summed E-state index contributed by atoms with van der Waals surface area (Å²) < 4.78 is 8.76. The van der Waals surface area contributed by atoms with Gasteiger partial charge in [-0.1, -0.05) is 17.7 Å². The maximum Gasteiger partial charge on any atom is 0.266 e. The standard InChI is InChI=1S/C17H17BrClN5O3/c1-22(6-7-27-12-5-3-4-11(19)8-12)13(25)9-24-10-20-16-14(17(24)26)15(18)21-23(16)2/h3-5,8,10H,6-7,9H2,1-2H3. The van der Waals surface area contributed by atoms with Crippen molar-refractivity contribution in [2.75, 3.05) is 20.2 Å². The lowest BCUT2D eigenvalue weighted by Crippen LogP contribution is -2.36. The first kappa shape index (κ1) is 19.4. The Balaban J connectivity index is 1.63. The molecule has 0 aliphatic heterocycles. The largest absolute Gasteiger partial charge is 0.492 e. The molecule has 0 fully saturated rings. The summed E-state index contributed by atoms with van der Waals surface area (Å²) in [5, 5.41) is 5.05. The third-order valence-corrected chi connectivity index (χ3v) is 4.78. The van der Waals surface area contributed by atoms with Gasteiger partial charge in [-0.15, -0.1) is 0 Å². The molecule has 2 heterocycles. The number of fused-ring (bicyclic) bond motifs is 1. The summed E-state index contributed by atoms with van der Waals surface area (Å²) in [4.78, 5) is 30.7. The van der Waals surface area contributed by atoms with Crippen LogP contribution in [0.5, 0.6) is 5.75 Å². The van der Waals surface area contributed by atoms with E-state index in [1.165, 1.54) is 20.5 Å². The minimum Gasteiger partial charge on any atom is -0.492 e. The van der Waals surface area contributed by atoms with Gasteiger partial charge in [0.05, 0.1) is 6.54 Å². The van der Waals surface area contributed by atoms with Gasteiger partial charge in [-0.3, -0.25) is 14.2 Å². The second-order valence-electron chi connectivity index (χ2n) is 5.91. The maximum absolute atomic E-state index is 12.6. The molecule has 1 aromatic carbocycles. The Hall–Kier alpha value is -2.39. The Labute approximate surface area is 168 Å². The van der Waals surface area contributed by atoms with Gasteiger partial charge in [0.2, 0.25) is 5.91 Å². The van der Waals surface area contributed by atoms with E-state index in [2.05, 4.69) is 26.0 Å². The average molecular weight is 455 g/mol. The smallest absolute Gasteiger partial charge is 0.266 e. The third-order valence-electron chi connectivity index (χ3n) is 3.99. The molecular formula is C17H17BrClN5O3. The molecule has 0 unspecified atom stereocenters. The fourth-order valence-corrected chi connectivity index (χ4v) is 3.26. The van der Waals surface area contributed by atoms with Crippen LogP contribution < -0.4 is 10.3 Å². The van der Waals surface area contributed by atoms with E-state index >= 15 is 0 Å². The van der Waals surface area contributed by atoms with Crippen LogP contribution in [-0.4, -0.2) is 50.3 Å². The van der Waals surface area contributed by atoms with Gasteiger partial charge in [0.25, 0.3) is 5.56 Å². The molecule has 0 N–H and O–H groups in total. The van der Waals surface area contributed by atoms with Crippen LogP contribution in [0.3, 0.4) is 0 Å². The number of ether oxygens (including phenoxy) is 1. The molecule has 27 heavy (non-hydrogen) atoms. The van der Waals surface area contributed by atoms with Gasteiger partial charge >= 0.3 is 0 Å². The Kier molecular flexibility index (Phi) is 5.81. The van der Waals surface area contributed by atoms with Crippen molar-refractivity contribution in [3.8, 4) is 5.75 Å². The second-order valence-corrected chi connectivity index (χ2v) is 7.10. The van der Waals surface area contributed by atoms with Crippen LogP contribution in [0.1, 0.15) is 0 Å². The topological polar surface area (TPSA) is 82.2 Å². The van der Waals surface area contributed by atoms with Gasteiger partial charge in [-0.05, 0) is 34.1 Å². The highest BCUT2D eigenvalue weighted by Gasteiger charge is 2.16. The van der Waals surface area contributed by atoms with Crippen LogP contribution in [0.2, 0.25) is 5.02 Å². The van der Waals surface area contributed by atoms with Crippen molar-refractivity contribution < 1.29 is 9.53 Å². The zero-order valence-corrected chi connectivity index (χ0v) is 17.1. The number of nitrogens with zero attached hydrogens (tertiary/aromatic N) is 5. The number of aromatic nitrogens is 4. The molecular weight excluding hydrogens is 438 g/mol. The van der Waals surface area contributed by atoms with E-state index < -0.39 is 0 Å². The van der Waals surface area contributed by atoms with Gasteiger partial charge in [-0.2, -0.15) is 5.10 Å². The molecule has 0 saturated heterocycles. The van der Waals surface area contributed by atoms with Crippen LogP contribution in [0.15, 0.2) is 40.0 Å². The number of aryl methyl sites for hydroxylation is 1. The Bertz CT molecular complexity index is 1050. The van der Waals surface area contributed by atoms with E-state index in [1.807, 2.05) is 0 Å². The van der Waals surface area contributed by atoms with E-state index in [9.17, 15) is 9.59 Å². The van der Waals surface area contributed by atoms with Crippen molar-refractivity contribution >= 4 is 44.5 Å². The fourth-order valence-electron chi connectivity index (χ4n) is 2.50. The Morgan fingerprint density at radius 3 is 2.93 bits per heavy atom. The highest BCUT2D eigenvalue weighted by molar-refractivity contribution is 9.10. The van der Waals surface area contributed by atoms with Gasteiger partial charge in [-0.25, -0.2) is 9.67 Å². The van der Waals surface area contributed by atoms with E-state index in [1.54, 1.807) is 38.4 Å². The minimum absolute atomic E-state index is 0.114. The van der Waals surface area contributed by atoms with Crippen LogP contribution in [-0.2, 0) is 18.4 Å². The molecule has 0 bridgehead atoms. The molecule has 10 heteroatoms. The van der Waals surface area contributed by atoms with Crippen molar-refractivity contribution in [2.24, 2.45) is 7.05 Å². The van der Waals surface area contributed by atoms with E-state index in [-0.39, 0.29) is 18.0 Å². The number of carbonyl (C=O) groups excluding carboxylic acids is 1. The van der Waals surface area contributed by atoms with Gasteiger partial charge in [0.15, 0.2) is 5.65 Å². The number of hydrogen-bond acceptors (Lipinski definition) is 5. The zero-order valence-electron chi connectivity index (χ0n) is 14.7. The number of carbonyl (C=O) groups is 1. The van der Waals surface area contributed by atoms with E-state index in [4.69, 9.17) is 16.3 Å². The van der Waals surface area contributed by atoms with Gasteiger partial charge in [0, 0.05) is 19.1 Å². The highest BCUT2D eigenvalue weighted by Crippen LogP contribution is 2.17. The summed E-state index contributed by atoms with van der Waals surface area (Å²) in [5.74, 6) is 0.406. The number of amides is 1. The van der Waals surface area contributed by atoms with Crippen LogP contribution >= 0.6 is 27.5 Å². The van der Waals surface area contributed by atoms with Crippen molar-refractivity contribution in [3.05, 3.63) is 50.6 Å². The molecule has 0 atom stereocenters. The predicted molar refractivity (Wildman–Crippen MR) is 105 cm³/mol. The molecule has 142 valence electrons. The molecule has 0 aliphatic rings. The normalized spacial score (nSPS) is 11.0. The first-order valence-corrected chi connectivity index (χ1v) is 9.24. The fraction of sp³-hybridized carbons (Fsp3) is 0.294. The Morgan fingerprint density at radius 1 is 1.41 bits per heavy atom. The third kappa shape index (κ3) is 4.30. The summed E-state index contributed by atoms with van der Waals surface area (Å²) in [6.45, 7) is 0.562. The zero-order chi connectivity index (χ0) is 19.6. The first-order valence-electron chi connectivity index (χ1n) is 8.07. The minimum atomic E-state index is -0.322. The van der Waals surface area contributed by atoms with E-state index in [0.29, 0.717) is 39.6 Å². The number of likely N-dealkylation sites (N-methyl/N-ethyl adjacent to an activating group) is 1. The van der Waals surface area contributed by atoms with Crippen molar-refractivity contribution in [1.82, 2.24) is 24.2 Å². The van der Waals surface area contributed by atoms with Crippen LogP contribution in [0.25, 0.3) is 11.0 Å². The summed E-state index contributed by atoms with van der Waals surface area (Å²) in [7, 11) is 3.35. The number of rotatable bonds is 6. The number of halogens is 2. The number of hydrogen-bond donors (Lipinski definition) is 0. The molecule has 3 rings (SSSR count). The van der Waals surface area contributed by atoms with Crippen LogP contribution in [0, 0.1) is 0 Å². The van der Waals surface area contributed by atoms with Gasteiger partial charge in [0.1, 0.15) is 35.2 Å². The quantitative estimate of drug-likeness (QED) is 0.569. The lowest BCUT2D eigenvalue weighted by Gasteiger charge is -2.18. The summed E-state index contributed by atoms with van der Waals surface area (Å²) in [6, 6.07) is 7.04. The first-order chi connectivity index (χ1) is 12.9. The predicted octanol–water partition coefficient (Wildman–Crippen LogP) is 2.08. The van der Waals surface area contributed by atoms with Gasteiger partial charge < -0.3 is 9.64 Å². The number of benzene rings is 1. The van der Waals surface area contributed by atoms with Crippen molar-refractivity contribution in [1.29, 1.82) is 0 Å². The second kappa shape index (κ2) is 8.10. The molecule has 3 aromatic rings. The average Bonchev–Trinajstić information content (AvgIpc) is 2.91. The summed E-state index contributed by atoms with van der Waals surface area (Å²) >= 11 is 9.16. The molecule has 0 aliphatic carbocycles. The molecule has 2 aromatic heterocycles. The van der Waals surface area contributed by atoms with Crippen molar-refractivity contribution in [3.63, 3.8) is 0 Å². The van der Waals surface area contributed by atoms with Crippen LogP contribution in [0.4, 0.5) is 0 Å². The molecule has 0 saturated carbocycles. The van der Waals surface area contributed by atoms with Crippen molar-refractivity contribution in [2.45, 2.75) is 6.54 Å². The summed E-state index contributed by atoms with van der Waals surface area (Å²) in [5.41, 5.74) is 0.135. The Morgan fingerprint density at radius 2 is 2.19 bits per heavy atom. The molecule has 1 amide bonds. The monoisotopic (exact) mass is 453 g/mol. The summed E-state index contributed by atoms with van der Waals surface area (Å²) in [6.07, 6.45) is 1.35.